The molecule has 1 aliphatic rings. The van der Waals surface area contributed by atoms with Crippen LogP contribution in [-0.4, -0.2) is 52.0 Å². The van der Waals surface area contributed by atoms with E-state index in [2.05, 4.69) is 10.6 Å². The van der Waals surface area contributed by atoms with Gasteiger partial charge in [-0.1, -0.05) is 23.7 Å². The molecule has 6 nitrogen and oxygen atoms in total. The standard InChI is InChI=1S/C12H15NO2.C7H8ClN.C2H5NO/c1-13-8-10(7-12(13)14)9-3-5-11(15-2)6-4-9;1-9-7-4-2-6(8)3-5-7;1-3-2-4/h3-6,10H,7-8H2,1-2H3;2-5,9H,1H3;2H,1H3,(H,3,4). The molecule has 1 aliphatic heterocycles. The number of nitrogens with one attached hydrogen (secondary N) is 2. The van der Waals surface area contributed by atoms with E-state index in [1.54, 1.807) is 19.1 Å². The molecule has 1 fully saturated rings. The number of carbonyl (C=O) groups is 2. The Hall–Kier alpha value is -2.73. The highest BCUT2D eigenvalue weighted by atomic mass is 35.5. The monoisotopic (exact) mass is 405 g/mol. The zero-order chi connectivity index (χ0) is 20.9. The van der Waals surface area contributed by atoms with Crippen LogP contribution >= 0.6 is 11.6 Å². The van der Waals surface area contributed by atoms with Gasteiger partial charge in [0.25, 0.3) is 0 Å². The molecule has 0 radical (unpaired) electrons. The summed E-state index contributed by atoms with van der Waals surface area (Å²) in [5, 5.41) is 6.02. The number of hydrogen-bond donors (Lipinski definition) is 2. The summed E-state index contributed by atoms with van der Waals surface area (Å²) in [6.07, 6.45) is 1.25. The number of likely N-dealkylation sites (tertiary alicyclic amines) is 1. The number of methoxy groups -OCH3 is 1. The third kappa shape index (κ3) is 7.88. The van der Waals surface area contributed by atoms with Crippen molar-refractivity contribution in [2.24, 2.45) is 0 Å². The summed E-state index contributed by atoms with van der Waals surface area (Å²) in [5.74, 6) is 1.43. The van der Waals surface area contributed by atoms with Gasteiger partial charge < -0.3 is 20.3 Å². The number of ether oxygens (including phenoxy) is 1. The Labute approximate surface area is 171 Å². The lowest BCUT2D eigenvalue weighted by Gasteiger charge is -2.10. The normalized spacial score (nSPS) is 14.8. The van der Waals surface area contributed by atoms with Crippen molar-refractivity contribution in [3.05, 3.63) is 59.1 Å². The van der Waals surface area contributed by atoms with E-state index >= 15 is 0 Å². The molecule has 3 rings (SSSR count). The van der Waals surface area contributed by atoms with Crippen molar-refractivity contribution in [1.82, 2.24) is 10.2 Å². The second kappa shape index (κ2) is 12.6. The lowest BCUT2D eigenvalue weighted by Crippen LogP contribution is -2.18. The van der Waals surface area contributed by atoms with Crippen molar-refractivity contribution in [2.75, 3.05) is 40.1 Å². The van der Waals surface area contributed by atoms with Gasteiger partial charge in [0.1, 0.15) is 5.75 Å². The van der Waals surface area contributed by atoms with E-state index in [4.69, 9.17) is 21.1 Å². The van der Waals surface area contributed by atoms with Crippen molar-refractivity contribution in [3.8, 4) is 5.75 Å². The molecule has 1 atom stereocenters. The Morgan fingerprint density at radius 3 is 2.07 bits per heavy atom. The number of carbonyl (C=O) groups excluding carboxylic acids is 2. The molecule has 0 aromatic heterocycles. The van der Waals surface area contributed by atoms with Gasteiger partial charge in [0.2, 0.25) is 12.3 Å². The molecular weight excluding hydrogens is 378 g/mol. The third-order valence-electron chi connectivity index (χ3n) is 4.18. The van der Waals surface area contributed by atoms with Crippen LogP contribution in [0.25, 0.3) is 0 Å². The van der Waals surface area contributed by atoms with Crippen LogP contribution in [0.3, 0.4) is 0 Å². The number of halogens is 1. The van der Waals surface area contributed by atoms with Gasteiger partial charge >= 0.3 is 0 Å². The lowest BCUT2D eigenvalue weighted by atomic mass is 9.98. The van der Waals surface area contributed by atoms with Crippen LogP contribution in [0, 0.1) is 0 Å². The molecule has 1 saturated heterocycles. The molecule has 0 bridgehead atoms. The average molecular weight is 406 g/mol. The number of anilines is 1. The maximum atomic E-state index is 11.4. The fraction of sp³-hybridized carbons (Fsp3) is 0.333. The first-order valence-corrected chi connectivity index (χ1v) is 9.25. The lowest BCUT2D eigenvalue weighted by molar-refractivity contribution is -0.126. The van der Waals surface area contributed by atoms with E-state index in [0.29, 0.717) is 18.7 Å². The summed E-state index contributed by atoms with van der Waals surface area (Å²) in [7, 11) is 6.95. The van der Waals surface area contributed by atoms with Crippen LogP contribution in [0.4, 0.5) is 5.69 Å². The molecule has 28 heavy (non-hydrogen) atoms. The van der Waals surface area contributed by atoms with E-state index < -0.39 is 0 Å². The number of rotatable bonds is 4. The molecular formula is C21H28ClN3O3. The zero-order valence-electron chi connectivity index (χ0n) is 16.7. The summed E-state index contributed by atoms with van der Waals surface area (Å²) in [5.41, 5.74) is 2.30. The fourth-order valence-corrected chi connectivity index (χ4v) is 2.71. The van der Waals surface area contributed by atoms with E-state index in [1.165, 1.54) is 5.56 Å². The van der Waals surface area contributed by atoms with Gasteiger partial charge in [0, 0.05) is 50.7 Å². The number of benzene rings is 2. The molecule has 0 spiro atoms. The van der Waals surface area contributed by atoms with E-state index in [1.807, 2.05) is 62.6 Å². The third-order valence-corrected chi connectivity index (χ3v) is 4.43. The van der Waals surface area contributed by atoms with Crippen molar-refractivity contribution in [1.29, 1.82) is 0 Å². The van der Waals surface area contributed by atoms with Crippen LogP contribution in [0.2, 0.25) is 5.02 Å². The smallest absolute Gasteiger partial charge is 0.223 e. The molecule has 0 aliphatic carbocycles. The number of likely N-dealkylation sites (N-methyl/N-ethyl adjacent to an activating group) is 1. The average Bonchev–Trinajstić information content (AvgIpc) is 3.08. The number of hydrogen-bond acceptors (Lipinski definition) is 4. The first kappa shape index (κ1) is 23.3. The first-order valence-electron chi connectivity index (χ1n) is 8.87. The topological polar surface area (TPSA) is 70.7 Å². The van der Waals surface area contributed by atoms with E-state index in [0.717, 1.165) is 23.0 Å². The van der Waals surface area contributed by atoms with Crippen LogP contribution in [0.5, 0.6) is 5.75 Å². The largest absolute Gasteiger partial charge is 0.497 e. The predicted octanol–water partition coefficient (Wildman–Crippen LogP) is 3.38. The molecule has 1 heterocycles. The quantitative estimate of drug-likeness (QED) is 0.765. The maximum Gasteiger partial charge on any atom is 0.223 e. The fourth-order valence-electron chi connectivity index (χ4n) is 2.58. The van der Waals surface area contributed by atoms with Crippen molar-refractivity contribution >= 4 is 29.6 Å². The van der Waals surface area contributed by atoms with Gasteiger partial charge in [-0.25, -0.2) is 0 Å². The van der Waals surface area contributed by atoms with Crippen LogP contribution in [0.1, 0.15) is 17.9 Å². The second-order valence-corrected chi connectivity index (χ2v) is 6.55. The second-order valence-electron chi connectivity index (χ2n) is 6.11. The highest BCUT2D eigenvalue weighted by Gasteiger charge is 2.27. The number of nitrogens with zero attached hydrogens (tertiary/aromatic N) is 1. The van der Waals surface area contributed by atoms with Gasteiger partial charge in [0.05, 0.1) is 7.11 Å². The molecule has 0 saturated carbocycles. The van der Waals surface area contributed by atoms with Gasteiger partial charge in [-0.05, 0) is 42.0 Å². The number of amides is 2. The molecule has 1 unspecified atom stereocenters. The summed E-state index contributed by atoms with van der Waals surface area (Å²) in [6.45, 7) is 0.825. The van der Waals surface area contributed by atoms with Gasteiger partial charge in [-0.15, -0.1) is 0 Å². The molecule has 2 amide bonds. The van der Waals surface area contributed by atoms with Crippen molar-refractivity contribution in [2.45, 2.75) is 12.3 Å². The Kier molecular flexibility index (Phi) is 10.5. The van der Waals surface area contributed by atoms with Crippen molar-refractivity contribution < 1.29 is 14.3 Å². The highest BCUT2D eigenvalue weighted by molar-refractivity contribution is 6.30. The SMILES string of the molecule is CNC=O.CNc1ccc(Cl)cc1.COc1ccc(C2CC(=O)N(C)C2)cc1. The molecule has 2 aromatic rings. The Bertz CT molecular complexity index is 721. The molecule has 2 aromatic carbocycles. The van der Waals surface area contributed by atoms with Gasteiger partial charge in [-0.2, -0.15) is 0 Å². The van der Waals surface area contributed by atoms with Crippen molar-refractivity contribution in [3.63, 3.8) is 0 Å². The van der Waals surface area contributed by atoms with Gasteiger partial charge in [0.15, 0.2) is 0 Å². The molecule has 7 heteroatoms. The predicted molar refractivity (Wildman–Crippen MR) is 114 cm³/mol. The minimum Gasteiger partial charge on any atom is -0.497 e. The first-order chi connectivity index (χ1) is 13.4. The summed E-state index contributed by atoms with van der Waals surface area (Å²) < 4.78 is 5.10. The van der Waals surface area contributed by atoms with E-state index in [-0.39, 0.29) is 5.91 Å². The Balaban J connectivity index is 0.000000256. The summed E-state index contributed by atoms with van der Waals surface area (Å²) in [4.78, 5) is 22.2. The summed E-state index contributed by atoms with van der Waals surface area (Å²) >= 11 is 5.64. The van der Waals surface area contributed by atoms with Crippen LogP contribution in [-0.2, 0) is 9.59 Å². The van der Waals surface area contributed by atoms with Gasteiger partial charge in [-0.3, -0.25) is 9.59 Å². The zero-order valence-corrected chi connectivity index (χ0v) is 17.5. The van der Waals surface area contributed by atoms with E-state index in [9.17, 15) is 4.79 Å². The Morgan fingerprint density at radius 1 is 1.11 bits per heavy atom. The van der Waals surface area contributed by atoms with Crippen LogP contribution in [0.15, 0.2) is 48.5 Å². The minimum atomic E-state index is 0.232. The maximum absolute atomic E-state index is 11.4. The Morgan fingerprint density at radius 2 is 1.68 bits per heavy atom. The summed E-state index contributed by atoms with van der Waals surface area (Å²) in [6, 6.07) is 15.5. The minimum absolute atomic E-state index is 0.232. The molecule has 2 N–H and O–H groups in total. The highest BCUT2D eigenvalue weighted by Crippen LogP contribution is 2.28. The molecule has 152 valence electrons. The van der Waals surface area contributed by atoms with Crippen LogP contribution < -0.4 is 15.4 Å².